The number of aryl methyl sites for hydroxylation is 3. The van der Waals surface area contributed by atoms with Crippen molar-refractivity contribution >= 4 is 32.3 Å². The first-order valence-corrected chi connectivity index (χ1v) is 17.1. The van der Waals surface area contributed by atoms with Crippen LogP contribution < -0.4 is 0 Å². The van der Waals surface area contributed by atoms with Crippen molar-refractivity contribution in [3.8, 4) is 44.5 Å². The molecule has 0 atom stereocenters. The Labute approximate surface area is 283 Å². The minimum absolute atomic E-state index is 0.0632. The van der Waals surface area contributed by atoms with Crippen LogP contribution in [0.1, 0.15) is 41.7 Å². The topological polar surface area (TPSA) is 0 Å². The van der Waals surface area contributed by atoms with Crippen LogP contribution in [0.4, 0.5) is 0 Å². The van der Waals surface area contributed by atoms with E-state index >= 15 is 0 Å². The third-order valence-electron chi connectivity index (χ3n) is 11.0. The van der Waals surface area contributed by atoms with Gasteiger partial charge in [0.15, 0.2) is 0 Å². The molecule has 9 rings (SSSR count). The summed E-state index contributed by atoms with van der Waals surface area (Å²) in [6.07, 6.45) is 0. The molecule has 8 aromatic rings. The zero-order chi connectivity index (χ0) is 32.7. The predicted molar refractivity (Wildman–Crippen MR) is 207 cm³/mol. The van der Waals surface area contributed by atoms with E-state index < -0.39 is 0 Å². The first kappa shape index (κ1) is 28.7. The fourth-order valence-electron chi connectivity index (χ4n) is 8.37. The van der Waals surface area contributed by atoms with Gasteiger partial charge < -0.3 is 0 Å². The lowest BCUT2D eigenvalue weighted by Crippen LogP contribution is -2.14. The van der Waals surface area contributed by atoms with Gasteiger partial charge in [0.1, 0.15) is 0 Å². The zero-order valence-electron chi connectivity index (χ0n) is 28.3. The number of fused-ring (bicyclic) bond motifs is 6. The summed E-state index contributed by atoms with van der Waals surface area (Å²) in [5.74, 6) is 0. The van der Waals surface area contributed by atoms with Gasteiger partial charge in [-0.3, -0.25) is 0 Å². The van der Waals surface area contributed by atoms with Crippen molar-refractivity contribution in [3.63, 3.8) is 0 Å². The van der Waals surface area contributed by atoms with Crippen LogP contribution in [-0.4, -0.2) is 0 Å². The lowest BCUT2D eigenvalue weighted by Gasteiger charge is -2.24. The van der Waals surface area contributed by atoms with E-state index in [2.05, 4.69) is 174 Å². The normalized spacial score (nSPS) is 13.3. The standard InChI is InChI=1S/C48H38/c1-29-19-21-38-40(23-29)47(43-27-34-16-10-9-15-33(34)26-39(43)32-13-7-6-8-14-32)42-25-31(3)30(2)24-41(42)46(38)35-20-22-37-36-17-11-12-18-44(36)48(4,5)45(37)28-35/h6-28H,1-5H3. The highest BCUT2D eigenvalue weighted by Gasteiger charge is 2.35. The number of benzene rings is 8. The van der Waals surface area contributed by atoms with Gasteiger partial charge in [0.05, 0.1) is 0 Å². The molecule has 0 spiro atoms. The molecule has 0 nitrogen and oxygen atoms in total. The highest BCUT2D eigenvalue weighted by atomic mass is 14.4. The molecule has 0 bridgehead atoms. The number of rotatable bonds is 3. The Morgan fingerprint density at radius 2 is 0.979 bits per heavy atom. The lowest BCUT2D eigenvalue weighted by atomic mass is 9.79. The molecule has 0 saturated carbocycles. The molecule has 0 heteroatoms. The highest BCUT2D eigenvalue weighted by molar-refractivity contribution is 6.23. The van der Waals surface area contributed by atoms with Crippen LogP contribution >= 0.6 is 0 Å². The molecule has 0 radical (unpaired) electrons. The first-order valence-electron chi connectivity index (χ1n) is 17.1. The van der Waals surface area contributed by atoms with Gasteiger partial charge in [0.2, 0.25) is 0 Å². The second-order valence-corrected chi connectivity index (χ2v) is 14.3. The Kier molecular flexibility index (Phi) is 6.30. The molecule has 0 aromatic heterocycles. The molecule has 0 amide bonds. The van der Waals surface area contributed by atoms with E-state index in [0.29, 0.717) is 0 Å². The van der Waals surface area contributed by atoms with Crippen molar-refractivity contribution in [2.75, 3.05) is 0 Å². The van der Waals surface area contributed by atoms with E-state index in [4.69, 9.17) is 0 Å². The maximum Gasteiger partial charge on any atom is 0.0159 e. The van der Waals surface area contributed by atoms with Gasteiger partial charge in [-0.25, -0.2) is 0 Å². The van der Waals surface area contributed by atoms with Crippen molar-refractivity contribution < 1.29 is 0 Å². The van der Waals surface area contributed by atoms with Crippen molar-refractivity contribution in [2.24, 2.45) is 0 Å². The maximum absolute atomic E-state index is 2.49. The van der Waals surface area contributed by atoms with Gasteiger partial charge in [0.25, 0.3) is 0 Å². The third-order valence-corrected chi connectivity index (χ3v) is 11.0. The van der Waals surface area contributed by atoms with Gasteiger partial charge >= 0.3 is 0 Å². The molecular formula is C48H38. The first-order chi connectivity index (χ1) is 23.3. The van der Waals surface area contributed by atoms with Gasteiger partial charge in [-0.2, -0.15) is 0 Å². The van der Waals surface area contributed by atoms with Crippen LogP contribution in [0.5, 0.6) is 0 Å². The quantitative estimate of drug-likeness (QED) is 0.174. The Morgan fingerprint density at radius 3 is 1.73 bits per heavy atom. The molecule has 1 aliphatic carbocycles. The summed E-state index contributed by atoms with van der Waals surface area (Å²) in [5.41, 5.74) is 17.1. The Balaban J connectivity index is 1.42. The average Bonchev–Trinajstić information content (AvgIpc) is 3.33. The van der Waals surface area contributed by atoms with Gasteiger partial charge in [-0.05, 0) is 138 Å². The van der Waals surface area contributed by atoms with Crippen molar-refractivity contribution in [3.05, 3.63) is 167 Å². The monoisotopic (exact) mass is 614 g/mol. The van der Waals surface area contributed by atoms with E-state index in [1.165, 1.54) is 105 Å². The predicted octanol–water partition coefficient (Wildman–Crippen LogP) is 13.4. The lowest BCUT2D eigenvalue weighted by molar-refractivity contribution is 0.660. The minimum atomic E-state index is -0.0632. The van der Waals surface area contributed by atoms with Crippen LogP contribution in [0.15, 0.2) is 140 Å². The van der Waals surface area contributed by atoms with Crippen LogP contribution in [0, 0.1) is 20.8 Å². The van der Waals surface area contributed by atoms with Crippen LogP contribution in [0.3, 0.4) is 0 Å². The Morgan fingerprint density at radius 1 is 0.375 bits per heavy atom. The summed E-state index contributed by atoms with van der Waals surface area (Å²) in [6.45, 7) is 11.5. The summed E-state index contributed by atoms with van der Waals surface area (Å²) < 4.78 is 0. The van der Waals surface area contributed by atoms with E-state index in [1.54, 1.807) is 0 Å². The van der Waals surface area contributed by atoms with E-state index in [-0.39, 0.29) is 5.41 Å². The average molecular weight is 615 g/mol. The second-order valence-electron chi connectivity index (χ2n) is 14.3. The minimum Gasteiger partial charge on any atom is -0.0622 e. The Hall–Kier alpha value is -5.46. The largest absolute Gasteiger partial charge is 0.0622 e. The molecule has 1 aliphatic rings. The molecular weight excluding hydrogens is 577 g/mol. The van der Waals surface area contributed by atoms with E-state index in [0.717, 1.165) is 0 Å². The summed E-state index contributed by atoms with van der Waals surface area (Å²) in [7, 11) is 0. The van der Waals surface area contributed by atoms with E-state index in [1.807, 2.05) is 0 Å². The van der Waals surface area contributed by atoms with Crippen molar-refractivity contribution in [2.45, 2.75) is 40.0 Å². The molecule has 0 unspecified atom stereocenters. The van der Waals surface area contributed by atoms with Gasteiger partial charge in [-0.15, -0.1) is 0 Å². The molecule has 0 fully saturated rings. The summed E-state index contributed by atoms with van der Waals surface area (Å²) in [6, 6.07) is 52.6. The molecule has 0 heterocycles. The smallest absolute Gasteiger partial charge is 0.0159 e. The van der Waals surface area contributed by atoms with Gasteiger partial charge in [-0.1, -0.05) is 141 Å². The Bertz CT molecular complexity index is 2600. The SMILES string of the molecule is Cc1ccc2c(-c3ccc4c(c3)C(C)(C)c3ccccc3-4)c3cc(C)c(C)cc3c(-c3cc4ccccc4cc3-c3ccccc3)c2c1. The third kappa shape index (κ3) is 4.22. The van der Waals surface area contributed by atoms with Crippen LogP contribution in [0.2, 0.25) is 0 Å². The van der Waals surface area contributed by atoms with Crippen molar-refractivity contribution in [1.82, 2.24) is 0 Å². The molecule has 0 N–H and O–H groups in total. The molecule has 8 aromatic carbocycles. The van der Waals surface area contributed by atoms with Crippen molar-refractivity contribution in [1.29, 1.82) is 0 Å². The fourth-order valence-corrected chi connectivity index (χ4v) is 8.37. The van der Waals surface area contributed by atoms with Crippen LogP contribution in [0.25, 0.3) is 76.8 Å². The van der Waals surface area contributed by atoms with Gasteiger partial charge in [0, 0.05) is 5.41 Å². The molecule has 0 aliphatic heterocycles. The molecule has 230 valence electrons. The number of hydrogen-bond donors (Lipinski definition) is 0. The summed E-state index contributed by atoms with van der Waals surface area (Å²) in [4.78, 5) is 0. The molecule has 48 heavy (non-hydrogen) atoms. The zero-order valence-corrected chi connectivity index (χ0v) is 28.3. The second kappa shape index (κ2) is 10.5. The van der Waals surface area contributed by atoms with E-state index in [9.17, 15) is 0 Å². The maximum atomic E-state index is 2.49. The number of hydrogen-bond acceptors (Lipinski definition) is 0. The molecule has 0 saturated heterocycles. The fraction of sp³-hybridized carbons (Fsp3) is 0.125. The highest BCUT2D eigenvalue weighted by Crippen LogP contribution is 2.52. The summed E-state index contributed by atoms with van der Waals surface area (Å²) >= 11 is 0. The van der Waals surface area contributed by atoms with Crippen LogP contribution in [-0.2, 0) is 5.41 Å². The summed E-state index contributed by atoms with van der Waals surface area (Å²) in [5, 5.41) is 7.74.